The predicted octanol–water partition coefficient (Wildman–Crippen LogP) is 6.48. The molecule has 1 heterocycles. The third kappa shape index (κ3) is 4.23. The molecule has 0 bridgehead atoms. The van der Waals surface area contributed by atoms with Crippen LogP contribution in [0, 0.1) is 0 Å². The lowest BCUT2D eigenvalue weighted by Crippen LogP contribution is -2.17. The number of methoxy groups -OCH3 is 1. The van der Waals surface area contributed by atoms with Gasteiger partial charge in [-0.2, -0.15) is 0 Å². The van der Waals surface area contributed by atoms with Crippen LogP contribution >= 0.6 is 0 Å². The van der Waals surface area contributed by atoms with Crippen molar-refractivity contribution in [1.82, 2.24) is 4.98 Å². The molecule has 0 radical (unpaired) electrons. The first-order valence-electron chi connectivity index (χ1n) is 9.15. The molecule has 0 aliphatic rings. The normalized spacial score (nSPS) is 12.6. The Balaban J connectivity index is 2.76. The molecule has 0 unspecified atom stereocenters. The zero-order valence-electron chi connectivity index (χ0n) is 17.3. The summed E-state index contributed by atoms with van der Waals surface area (Å²) in [6.07, 6.45) is 0. The van der Waals surface area contributed by atoms with E-state index in [2.05, 4.69) is 85.7 Å². The van der Waals surface area contributed by atoms with E-state index in [0.29, 0.717) is 5.92 Å². The molecule has 2 aromatic rings. The molecule has 2 nitrogen and oxygen atoms in total. The lowest BCUT2D eigenvalue weighted by atomic mass is 9.82. The average Bonchev–Trinajstić information content (AvgIpc) is 2.51. The van der Waals surface area contributed by atoms with Gasteiger partial charge in [-0.15, -0.1) is 0 Å². The van der Waals surface area contributed by atoms with Gasteiger partial charge in [0.25, 0.3) is 0 Å². The first kappa shape index (κ1) is 19.5. The Hall–Kier alpha value is -1.83. The number of rotatable bonds is 3. The summed E-state index contributed by atoms with van der Waals surface area (Å²) in [7, 11) is 1.74. The van der Waals surface area contributed by atoms with Crippen LogP contribution in [-0.4, -0.2) is 12.1 Å². The van der Waals surface area contributed by atoms with Gasteiger partial charge in [0.05, 0.1) is 12.8 Å². The van der Waals surface area contributed by atoms with Crippen LogP contribution < -0.4 is 4.74 Å². The van der Waals surface area contributed by atoms with Crippen molar-refractivity contribution in [2.75, 3.05) is 7.11 Å². The van der Waals surface area contributed by atoms with Crippen LogP contribution in [-0.2, 0) is 10.8 Å². The van der Waals surface area contributed by atoms with E-state index in [4.69, 9.17) is 9.72 Å². The zero-order chi connectivity index (χ0) is 19.0. The van der Waals surface area contributed by atoms with E-state index in [0.717, 1.165) is 22.7 Å². The van der Waals surface area contributed by atoms with Gasteiger partial charge < -0.3 is 4.74 Å². The smallest absolute Gasteiger partial charge is 0.126 e. The van der Waals surface area contributed by atoms with Crippen molar-refractivity contribution >= 4 is 0 Å². The highest BCUT2D eigenvalue weighted by atomic mass is 16.5. The minimum Gasteiger partial charge on any atom is -0.496 e. The average molecular weight is 340 g/mol. The van der Waals surface area contributed by atoms with Crippen molar-refractivity contribution < 1.29 is 4.74 Å². The monoisotopic (exact) mass is 339 g/mol. The summed E-state index contributed by atoms with van der Waals surface area (Å²) in [5.41, 5.74) is 5.92. The SMILES string of the molecule is COc1ccc(C(C)(C)C)cc1-c1ccc(C(C)C)nc1C(C)(C)C. The third-order valence-corrected chi connectivity index (χ3v) is 4.57. The molecule has 0 spiro atoms. The summed E-state index contributed by atoms with van der Waals surface area (Å²) in [6, 6.07) is 10.9. The van der Waals surface area contributed by atoms with Crippen LogP contribution in [0.2, 0.25) is 0 Å². The molecule has 0 amide bonds. The Morgan fingerprint density at radius 2 is 1.48 bits per heavy atom. The largest absolute Gasteiger partial charge is 0.496 e. The summed E-state index contributed by atoms with van der Waals surface area (Å²) in [4.78, 5) is 5.03. The van der Waals surface area contributed by atoms with E-state index < -0.39 is 0 Å². The first-order valence-corrected chi connectivity index (χ1v) is 9.15. The molecule has 1 aromatic carbocycles. The lowest BCUT2D eigenvalue weighted by Gasteiger charge is -2.26. The molecule has 0 saturated carbocycles. The van der Waals surface area contributed by atoms with Crippen LogP contribution in [0.15, 0.2) is 30.3 Å². The highest BCUT2D eigenvalue weighted by Gasteiger charge is 2.24. The van der Waals surface area contributed by atoms with Crippen molar-refractivity contribution in [2.24, 2.45) is 0 Å². The molecule has 0 atom stereocenters. The van der Waals surface area contributed by atoms with Crippen LogP contribution in [0.1, 0.15) is 78.3 Å². The standard InChI is InChI=1S/C23H33NO/c1-15(2)19-12-11-17(21(24-19)23(6,7)8)18-14-16(22(3,4)5)10-13-20(18)25-9/h10-15H,1-9H3. The third-order valence-electron chi connectivity index (χ3n) is 4.57. The second-order valence-corrected chi connectivity index (χ2v) is 9.20. The van der Waals surface area contributed by atoms with Gasteiger partial charge in [0.15, 0.2) is 0 Å². The van der Waals surface area contributed by atoms with Gasteiger partial charge in [-0.1, -0.05) is 67.5 Å². The van der Waals surface area contributed by atoms with E-state index in [1.807, 2.05) is 0 Å². The minimum atomic E-state index is -0.0387. The molecule has 0 N–H and O–H groups in total. The van der Waals surface area contributed by atoms with Crippen LogP contribution in [0.4, 0.5) is 0 Å². The highest BCUT2D eigenvalue weighted by Crippen LogP contribution is 2.39. The molecule has 136 valence electrons. The Bertz CT molecular complexity index is 746. The molecule has 0 saturated heterocycles. The van der Waals surface area contributed by atoms with Crippen molar-refractivity contribution in [3.8, 4) is 16.9 Å². The van der Waals surface area contributed by atoms with E-state index in [-0.39, 0.29) is 10.8 Å². The van der Waals surface area contributed by atoms with Crippen molar-refractivity contribution in [2.45, 2.75) is 72.1 Å². The summed E-state index contributed by atoms with van der Waals surface area (Å²) in [6.45, 7) is 17.8. The minimum absolute atomic E-state index is 0.0387. The van der Waals surface area contributed by atoms with Gasteiger partial charge in [-0.05, 0) is 35.1 Å². The predicted molar refractivity (Wildman–Crippen MR) is 108 cm³/mol. The van der Waals surface area contributed by atoms with Gasteiger partial charge in [0.2, 0.25) is 0 Å². The summed E-state index contributed by atoms with van der Waals surface area (Å²) >= 11 is 0. The lowest BCUT2D eigenvalue weighted by molar-refractivity contribution is 0.415. The summed E-state index contributed by atoms with van der Waals surface area (Å²) < 4.78 is 5.68. The van der Waals surface area contributed by atoms with E-state index in [9.17, 15) is 0 Å². The molecule has 2 rings (SSSR count). The van der Waals surface area contributed by atoms with Gasteiger partial charge in [-0.25, -0.2) is 0 Å². The number of aromatic nitrogens is 1. The molecular formula is C23H33NO. The molecule has 0 aliphatic carbocycles. The van der Waals surface area contributed by atoms with Crippen LogP contribution in [0.25, 0.3) is 11.1 Å². The van der Waals surface area contributed by atoms with Gasteiger partial charge in [-0.3, -0.25) is 4.98 Å². The number of ether oxygens (including phenoxy) is 1. The van der Waals surface area contributed by atoms with Gasteiger partial charge in [0, 0.05) is 22.2 Å². The quantitative estimate of drug-likeness (QED) is 0.639. The maximum absolute atomic E-state index is 5.68. The fraction of sp³-hybridized carbons (Fsp3) is 0.522. The molecule has 1 aromatic heterocycles. The number of hydrogen-bond acceptors (Lipinski definition) is 2. The van der Waals surface area contributed by atoms with Crippen molar-refractivity contribution in [1.29, 1.82) is 0 Å². The Morgan fingerprint density at radius 1 is 0.840 bits per heavy atom. The number of pyridine rings is 1. The van der Waals surface area contributed by atoms with E-state index in [1.165, 1.54) is 11.1 Å². The molecular weight excluding hydrogens is 306 g/mol. The van der Waals surface area contributed by atoms with Crippen LogP contribution in [0.5, 0.6) is 5.75 Å². The molecule has 25 heavy (non-hydrogen) atoms. The summed E-state index contributed by atoms with van der Waals surface area (Å²) in [5, 5.41) is 0. The van der Waals surface area contributed by atoms with Gasteiger partial charge in [0.1, 0.15) is 5.75 Å². The fourth-order valence-electron chi connectivity index (χ4n) is 2.97. The van der Waals surface area contributed by atoms with E-state index in [1.54, 1.807) is 7.11 Å². The fourth-order valence-corrected chi connectivity index (χ4v) is 2.97. The second kappa shape index (κ2) is 6.82. The van der Waals surface area contributed by atoms with Gasteiger partial charge >= 0.3 is 0 Å². The Labute approximate surface area is 153 Å². The zero-order valence-corrected chi connectivity index (χ0v) is 17.3. The maximum atomic E-state index is 5.68. The van der Waals surface area contributed by atoms with Crippen LogP contribution in [0.3, 0.4) is 0 Å². The molecule has 0 aliphatic heterocycles. The molecule has 2 heteroatoms. The number of benzene rings is 1. The first-order chi connectivity index (χ1) is 11.4. The summed E-state index contributed by atoms with van der Waals surface area (Å²) in [5.74, 6) is 1.32. The Morgan fingerprint density at radius 3 is 1.96 bits per heavy atom. The molecule has 0 fully saturated rings. The highest BCUT2D eigenvalue weighted by molar-refractivity contribution is 5.74. The number of nitrogens with zero attached hydrogens (tertiary/aromatic N) is 1. The van der Waals surface area contributed by atoms with E-state index >= 15 is 0 Å². The number of hydrogen-bond donors (Lipinski definition) is 0. The second-order valence-electron chi connectivity index (χ2n) is 9.20. The van der Waals surface area contributed by atoms with Crippen molar-refractivity contribution in [3.63, 3.8) is 0 Å². The Kier molecular flexibility index (Phi) is 5.32. The van der Waals surface area contributed by atoms with Crippen molar-refractivity contribution in [3.05, 3.63) is 47.3 Å². The maximum Gasteiger partial charge on any atom is 0.126 e. The topological polar surface area (TPSA) is 22.1 Å².